The first-order valence-corrected chi connectivity index (χ1v) is 5.32. The summed E-state index contributed by atoms with van der Waals surface area (Å²) in [7, 11) is 0. The van der Waals surface area contributed by atoms with Crippen molar-refractivity contribution in [3.8, 4) is 5.69 Å². The van der Waals surface area contributed by atoms with Gasteiger partial charge < -0.3 is 0 Å². The third-order valence-corrected chi connectivity index (χ3v) is 2.63. The highest BCUT2D eigenvalue weighted by atomic mass is 79.9. The van der Waals surface area contributed by atoms with Crippen molar-refractivity contribution in [3.05, 3.63) is 52.1 Å². The van der Waals surface area contributed by atoms with Gasteiger partial charge >= 0.3 is 0 Å². The summed E-state index contributed by atoms with van der Waals surface area (Å²) in [6.07, 6.45) is 1.52. The second kappa shape index (κ2) is 5.41. The van der Waals surface area contributed by atoms with Gasteiger partial charge in [0.05, 0.1) is 17.2 Å². The van der Waals surface area contributed by atoms with E-state index in [-0.39, 0.29) is 17.0 Å². The molecule has 3 nitrogen and oxygen atoms in total. The molecular formula is C11H11Br2N3. The molecule has 0 bridgehead atoms. The van der Waals surface area contributed by atoms with E-state index in [4.69, 9.17) is 5.41 Å². The molecule has 0 fully saturated rings. The number of aromatic nitrogens is 2. The maximum atomic E-state index is 7.42. The first kappa shape index (κ1) is 13.1. The summed E-state index contributed by atoms with van der Waals surface area (Å²) in [5, 5.41) is 12.0. The van der Waals surface area contributed by atoms with Gasteiger partial charge in [-0.15, -0.1) is 17.0 Å². The van der Waals surface area contributed by atoms with Crippen LogP contribution in [0.3, 0.4) is 0 Å². The van der Waals surface area contributed by atoms with Gasteiger partial charge in [0.2, 0.25) is 0 Å². The highest BCUT2D eigenvalue weighted by Gasteiger charge is 2.00. The third kappa shape index (κ3) is 2.80. The van der Waals surface area contributed by atoms with Gasteiger partial charge in [0, 0.05) is 0 Å². The molecule has 0 saturated carbocycles. The lowest BCUT2D eigenvalue weighted by atomic mass is 10.2. The lowest BCUT2D eigenvalue weighted by Crippen LogP contribution is -2.09. The number of nitrogens with zero attached hydrogens (tertiary/aromatic N) is 2. The second-order valence-corrected chi connectivity index (χ2v) is 4.13. The molecule has 1 heterocycles. The van der Waals surface area contributed by atoms with Crippen LogP contribution in [0.4, 0.5) is 0 Å². The molecule has 0 saturated heterocycles. The van der Waals surface area contributed by atoms with E-state index in [1.54, 1.807) is 10.7 Å². The number of rotatable bonds is 1. The second-order valence-electron chi connectivity index (χ2n) is 3.31. The molecule has 1 aromatic carbocycles. The molecule has 0 atom stereocenters. The molecule has 16 heavy (non-hydrogen) atoms. The summed E-state index contributed by atoms with van der Waals surface area (Å²) >= 11 is 3.38. The predicted molar refractivity (Wildman–Crippen MR) is 72.2 cm³/mol. The monoisotopic (exact) mass is 343 g/mol. The first-order chi connectivity index (χ1) is 7.16. The summed E-state index contributed by atoms with van der Waals surface area (Å²) < 4.78 is 2.52. The topological polar surface area (TPSA) is 41.7 Å². The van der Waals surface area contributed by atoms with Crippen LogP contribution in [0.1, 0.15) is 5.56 Å². The number of halogens is 2. The molecule has 5 heteroatoms. The van der Waals surface area contributed by atoms with Crippen LogP contribution in [0, 0.1) is 12.3 Å². The average molecular weight is 345 g/mol. The highest BCUT2D eigenvalue weighted by molar-refractivity contribution is 9.10. The average Bonchev–Trinajstić information content (AvgIpc) is 2.20. The van der Waals surface area contributed by atoms with Gasteiger partial charge in [0.15, 0.2) is 0 Å². The lowest BCUT2D eigenvalue weighted by molar-refractivity contribution is 0.806. The maximum absolute atomic E-state index is 7.42. The van der Waals surface area contributed by atoms with E-state index in [2.05, 4.69) is 21.0 Å². The molecule has 1 N–H and O–H groups in total. The summed E-state index contributed by atoms with van der Waals surface area (Å²) in [5.41, 5.74) is 2.19. The van der Waals surface area contributed by atoms with E-state index in [9.17, 15) is 0 Å². The molecule has 1 aromatic heterocycles. The van der Waals surface area contributed by atoms with Crippen molar-refractivity contribution in [2.45, 2.75) is 6.92 Å². The minimum atomic E-state index is 0. The van der Waals surface area contributed by atoms with Crippen molar-refractivity contribution < 1.29 is 0 Å². The number of hydrogen-bond donors (Lipinski definition) is 1. The molecular weight excluding hydrogens is 334 g/mol. The zero-order valence-electron chi connectivity index (χ0n) is 8.64. The van der Waals surface area contributed by atoms with Crippen molar-refractivity contribution in [3.63, 3.8) is 0 Å². The normalized spacial score (nSPS) is 9.62. The van der Waals surface area contributed by atoms with Crippen LogP contribution in [0.15, 0.2) is 41.1 Å². The Morgan fingerprint density at radius 2 is 1.88 bits per heavy atom. The fourth-order valence-corrected chi connectivity index (χ4v) is 1.82. The van der Waals surface area contributed by atoms with E-state index in [1.807, 2.05) is 31.2 Å². The van der Waals surface area contributed by atoms with Gasteiger partial charge in [-0.05, 0) is 41.1 Å². The van der Waals surface area contributed by atoms with E-state index < -0.39 is 0 Å². The summed E-state index contributed by atoms with van der Waals surface area (Å²) in [6, 6.07) is 9.77. The zero-order valence-corrected chi connectivity index (χ0v) is 11.9. The molecule has 2 rings (SSSR count). The van der Waals surface area contributed by atoms with Gasteiger partial charge in [0.25, 0.3) is 0 Å². The van der Waals surface area contributed by atoms with E-state index in [0.29, 0.717) is 5.36 Å². The number of aryl methyl sites for hydroxylation is 1. The molecule has 0 unspecified atom stereocenters. The molecule has 0 aliphatic carbocycles. The largest absolute Gasteiger partial charge is 0.299 e. The van der Waals surface area contributed by atoms with Crippen molar-refractivity contribution in [1.29, 1.82) is 5.41 Å². The zero-order chi connectivity index (χ0) is 10.8. The minimum absolute atomic E-state index is 0. The van der Waals surface area contributed by atoms with Crippen LogP contribution in [0.2, 0.25) is 0 Å². The Kier molecular flexibility index (Phi) is 4.44. The van der Waals surface area contributed by atoms with Crippen LogP contribution in [-0.4, -0.2) is 9.78 Å². The first-order valence-electron chi connectivity index (χ1n) is 4.53. The van der Waals surface area contributed by atoms with Gasteiger partial charge in [-0.25, -0.2) is 4.68 Å². The molecule has 0 radical (unpaired) electrons. The Hall–Kier alpha value is -0.940. The number of nitrogens with one attached hydrogen (secondary N) is 1. The van der Waals surface area contributed by atoms with Gasteiger partial charge in [-0.3, -0.25) is 5.41 Å². The van der Waals surface area contributed by atoms with Crippen LogP contribution < -0.4 is 5.36 Å². The molecule has 0 amide bonds. The fourth-order valence-electron chi connectivity index (χ4n) is 1.28. The number of hydrogen-bond acceptors (Lipinski definition) is 2. The highest BCUT2D eigenvalue weighted by Crippen LogP contribution is 2.13. The fraction of sp³-hybridized carbons (Fsp3) is 0.0909. The molecule has 0 aliphatic rings. The Bertz CT molecular complexity index is 532. The van der Waals surface area contributed by atoms with Crippen LogP contribution in [-0.2, 0) is 0 Å². The standard InChI is InChI=1S/C11H10BrN3.BrH/c1-8-2-4-10(5-3-8)15-11(12)6-9(13)7-14-15;/h2-7,13H,1H3;1H. The van der Waals surface area contributed by atoms with E-state index >= 15 is 0 Å². The smallest absolute Gasteiger partial charge is 0.110 e. The number of benzene rings is 1. The Morgan fingerprint density at radius 3 is 2.44 bits per heavy atom. The van der Waals surface area contributed by atoms with E-state index in [0.717, 1.165) is 10.3 Å². The molecule has 0 aliphatic heterocycles. The van der Waals surface area contributed by atoms with Crippen LogP contribution >= 0.6 is 32.9 Å². The van der Waals surface area contributed by atoms with Crippen molar-refractivity contribution in [2.24, 2.45) is 0 Å². The quantitative estimate of drug-likeness (QED) is 0.848. The van der Waals surface area contributed by atoms with Crippen LogP contribution in [0.5, 0.6) is 0 Å². The third-order valence-electron chi connectivity index (χ3n) is 2.07. The SMILES string of the molecule is Br.Cc1ccc(-n2ncc(=N)cc2Br)cc1. The Morgan fingerprint density at radius 1 is 1.25 bits per heavy atom. The Balaban J connectivity index is 0.00000128. The molecule has 2 aromatic rings. The Labute approximate surface area is 113 Å². The van der Waals surface area contributed by atoms with Gasteiger partial charge in [-0.2, -0.15) is 5.10 Å². The molecule has 84 valence electrons. The van der Waals surface area contributed by atoms with Crippen LogP contribution in [0.25, 0.3) is 5.69 Å². The predicted octanol–water partition coefficient (Wildman–Crippen LogP) is 3.00. The summed E-state index contributed by atoms with van der Waals surface area (Å²) in [4.78, 5) is 0. The van der Waals surface area contributed by atoms with Gasteiger partial charge in [-0.1, -0.05) is 17.7 Å². The van der Waals surface area contributed by atoms with E-state index in [1.165, 1.54) is 11.8 Å². The molecule has 0 spiro atoms. The summed E-state index contributed by atoms with van der Waals surface area (Å²) in [5.74, 6) is 0. The van der Waals surface area contributed by atoms with Gasteiger partial charge in [0.1, 0.15) is 4.60 Å². The van der Waals surface area contributed by atoms with Crippen molar-refractivity contribution >= 4 is 32.9 Å². The maximum Gasteiger partial charge on any atom is 0.110 e. The van der Waals surface area contributed by atoms with Crippen molar-refractivity contribution in [1.82, 2.24) is 9.78 Å². The minimum Gasteiger partial charge on any atom is -0.299 e. The summed E-state index contributed by atoms with van der Waals surface area (Å²) in [6.45, 7) is 2.05. The van der Waals surface area contributed by atoms with Crippen molar-refractivity contribution in [2.75, 3.05) is 0 Å². The lowest BCUT2D eigenvalue weighted by Gasteiger charge is -2.07.